The van der Waals surface area contributed by atoms with Crippen LogP contribution in [0.25, 0.3) is 0 Å². The summed E-state index contributed by atoms with van der Waals surface area (Å²) < 4.78 is 5.61. The van der Waals surface area contributed by atoms with Crippen LogP contribution in [0.5, 0.6) is 0 Å². The predicted molar refractivity (Wildman–Crippen MR) is 124 cm³/mol. The Morgan fingerprint density at radius 2 is 1.87 bits per heavy atom. The van der Waals surface area contributed by atoms with Gasteiger partial charge in [0.15, 0.2) is 5.76 Å². The molecule has 2 heterocycles. The molecule has 0 fully saturated rings. The third-order valence-electron chi connectivity index (χ3n) is 5.38. The number of aliphatic hydroxyl groups is 1. The zero-order valence-corrected chi connectivity index (χ0v) is 19.7. The summed E-state index contributed by atoms with van der Waals surface area (Å²) in [6.45, 7) is 11.2. The Morgan fingerprint density at radius 1 is 1.19 bits per heavy atom. The predicted octanol–water partition coefficient (Wildman–Crippen LogP) is 5.44. The van der Waals surface area contributed by atoms with Gasteiger partial charge in [-0.2, -0.15) is 0 Å². The monoisotopic (exact) mass is 441 g/mol. The van der Waals surface area contributed by atoms with Gasteiger partial charge in [-0.25, -0.2) is 0 Å². The van der Waals surface area contributed by atoms with Crippen LogP contribution in [0, 0.1) is 0 Å². The maximum atomic E-state index is 13.2. The van der Waals surface area contributed by atoms with Crippen molar-refractivity contribution in [1.82, 2.24) is 4.90 Å². The van der Waals surface area contributed by atoms with Gasteiger partial charge in [0.25, 0.3) is 5.91 Å². The molecule has 0 saturated carbocycles. The van der Waals surface area contributed by atoms with Crippen LogP contribution in [0.15, 0.2) is 53.1 Å². The molecule has 0 saturated heterocycles. The standard InChI is InChI=1S/C25H31NO4S/c1-16(2)30-14-7-13-26-21(17-9-11-18(12-10-17)25(3,4)5)20(23(28)24(26)29)22(27)19-8-6-15-31-19/h6,8-12,15-16,21,28H,7,13-14H2,1-5H3/t21-/m1/s1. The molecule has 0 bridgehead atoms. The van der Waals surface area contributed by atoms with E-state index in [0.717, 1.165) is 11.1 Å². The average molecular weight is 442 g/mol. The van der Waals surface area contributed by atoms with Crippen LogP contribution in [0.3, 0.4) is 0 Å². The van der Waals surface area contributed by atoms with Crippen LogP contribution in [0.1, 0.15) is 67.9 Å². The van der Waals surface area contributed by atoms with Gasteiger partial charge in [0, 0.05) is 13.2 Å². The summed E-state index contributed by atoms with van der Waals surface area (Å²) in [5.41, 5.74) is 2.12. The molecule has 1 N–H and O–H groups in total. The number of ether oxygens (including phenoxy) is 1. The smallest absolute Gasteiger partial charge is 0.290 e. The summed E-state index contributed by atoms with van der Waals surface area (Å²) in [7, 11) is 0. The Hall–Kier alpha value is -2.44. The topological polar surface area (TPSA) is 66.8 Å². The highest BCUT2D eigenvalue weighted by Crippen LogP contribution is 2.40. The number of hydrogen-bond acceptors (Lipinski definition) is 5. The maximum Gasteiger partial charge on any atom is 0.290 e. The molecule has 1 aliphatic rings. The first-order chi connectivity index (χ1) is 14.6. The first-order valence-electron chi connectivity index (χ1n) is 10.7. The maximum absolute atomic E-state index is 13.2. The second-order valence-electron chi connectivity index (χ2n) is 9.11. The highest BCUT2D eigenvalue weighted by atomic mass is 32.1. The van der Waals surface area contributed by atoms with Gasteiger partial charge in [-0.05, 0) is 48.3 Å². The van der Waals surface area contributed by atoms with Crippen LogP contribution >= 0.6 is 11.3 Å². The fourth-order valence-electron chi connectivity index (χ4n) is 3.72. The molecule has 166 valence electrons. The number of Topliss-reactive ketones (excluding diaryl/α,β-unsaturated/α-hetero) is 1. The molecule has 5 nitrogen and oxygen atoms in total. The third-order valence-corrected chi connectivity index (χ3v) is 6.25. The van der Waals surface area contributed by atoms with Crippen LogP contribution in [0.2, 0.25) is 0 Å². The minimum absolute atomic E-state index is 0.00844. The van der Waals surface area contributed by atoms with E-state index in [1.54, 1.807) is 17.0 Å². The Kier molecular flexibility index (Phi) is 7.02. The average Bonchev–Trinajstić information content (AvgIpc) is 3.33. The largest absolute Gasteiger partial charge is 0.503 e. The number of nitrogens with zero attached hydrogens (tertiary/aromatic N) is 1. The minimum Gasteiger partial charge on any atom is -0.503 e. The molecule has 1 aromatic heterocycles. The molecular weight excluding hydrogens is 410 g/mol. The molecule has 6 heteroatoms. The van der Waals surface area contributed by atoms with E-state index in [1.165, 1.54) is 11.3 Å². The van der Waals surface area contributed by atoms with Crippen molar-refractivity contribution in [2.75, 3.05) is 13.2 Å². The zero-order chi connectivity index (χ0) is 22.8. The summed E-state index contributed by atoms with van der Waals surface area (Å²) in [5, 5.41) is 12.5. The molecule has 0 unspecified atom stereocenters. The van der Waals surface area contributed by atoms with E-state index in [0.29, 0.717) is 24.4 Å². The van der Waals surface area contributed by atoms with E-state index in [9.17, 15) is 14.7 Å². The Balaban J connectivity index is 1.96. The highest BCUT2D eigenvalue weighted by Gasteiger charge is 2.43. The molecule has 0 aliphatic carbocycles. The summed E-state index contributed by atoms with van der Waals surface area (Å²) in [5.74, 6) is -1.26. The van der Waals surface area contributed by atoms with Gasteiger partial charge < -0.3 is 14.7 Å². The molecule has 2 aromatic rings. The van der Waals surface area contributed by atoms with E-state index in [4.69, 9.17) is 4.74 Å². The number of rotatable bonds is 8. The summed E-state index contributed by atoms with van der Waals surface area (Å²) in [6.07, 6.45) is 0.728. The summed E-state index contributed by atoms with van der Waals surface area (Å²) >= 11 is 1.31. The van der Waals surface area contributed by atoms with Crippen molar-refractivity contribution >= 4 is 23.0 Å². The van der Waals surface area contributed by atoms with Gasteiger partial charge in [0.2, 0.25) is 5.78 Å². The van der Waals surface area contributed by atoms with Gasteiger partial charge in [-0.1, -0.05) is 51.1 Å². The molecule has 1 aromatic carbocycles. The van der Waals surface area contributed by atoms with Crippen molar-refractivity contribution < 1.29 is 19.4 Å². The lowest BCUT2D eigenvalue weighted by molar-refractivity contribution is -0.129. The van der Waals surface area contributed by atoms with Crippen molar-refractivity contribution in [2.24, 2.45) is 0 Å². The van der Waals surface area contributed by atoms with E-state index in [2.05, 4.69) is 20.8 Å². The Labute approximate surface area is 188 Å². The van der Waals surface area contributed by atoms with Gasteiger partial charge in [0.05, 0.1) is 22.6 Å². The van der Waals surface area contributed by atoms with E-state index in [-0.39, 0.29) is 22.9 Å². The van der Waals surface area contributed by atoms with Crippen molar-refractivity contribution in [3.63, 3.8) is 0 Å². The van der Waals surface area contributed by atoms with Crippen molar-refractivity contribution in [1.29, 1.82) is 0 Å². The van der Waals surface area contributed by atoms with Crippen LogP contribution in [-0.4, -0.2) is 41.0 Å². The Morgan fingerprint density at radius 3 is 2.42 bits per heavy atom. The number of carbonyl (C=O) groups excluding carboxylic acids is 2. The van der Waals surface area contributed by atoms with E-state index >= 15 is 0 Å². The molecule has 0 radical (unpaired) electrons. The van der Waals surface area contributed by atoms with Gasteiger partial charge in [-0.15, -0.1) is 11.3 Å². The normalized spacial score (nSPS) is 17.2. The molecule has 3 rings (SSSR count). The van der Waals surface area contributed by atoms with Crippen LogP contribution in [0.4, 0.5) is 0 Å². The minimum atomic E-state index is -0.616. The zero-order valence-electron chi connectivity index (χ0n) is 18.8. The number of ketones is 1. The number of thiophene rings is 1. The molecule has 1 atom stereocenters. The second kappa shape index (κ2) is 9.37. The Bertz CT molecular complexity index is 952. The lowest BCUT2D eigenvalue weighted by atomic mass is 9.85. The number of benzene rings is 1. The van der Waals surface area contributed by atoms with Crippen molar-refractivity contribution in [3.8, 4) is 0 Å². The number of carbonyl (C=O) groups is 2. The first-order valence-corrected chi connectivity index (χ1v) is 11.5. The summed E-state index contributed by atoms with van der Waals surface area (Å²) in [4.78, 5) is 28.3. The van der Waals surface area contributed by atoms with Crippen LogP contribution in [-0.2, 0) is 14.9 Å². The quantitative estimate of drug-likeness (QED) is 0.438. The van der Waals surface area contributed by atoms with Crippen molar-refractivity contribution in [3.05, 3.63) is 69.1 Å². The highest BCUT2D eigenvalue weighted by molar-refractivity contribution is 7.12. The van der Waals surface area contributed by atoms with Gasteiger partial charge in [-0.3, -0.25) is 9.59 Å². The van der Waals surface area contributed by atoms with E-state index < -0.39 is 17.7 Å². The number of aliphatic hydroxyl groups excluding tert-OH is 1. The first kappa shape index (κ1) is 23.2. The molecule has 1 aliphatic heterocycles. The van der Waals surface area contributed by atoms with Gasteiger partial charge >= 0.3 is 0 Å². The van der Waals surface area contributed by atoms with Crippen LogP contribution < -0.4 is 0 Å². The summed E-state index contributed by atoms with van der Waals surface area (Å²) in [6, 6.07) is 10.9. The number of hydrogen-bond donors (Lipinski definition) is 1. The second-order valence-corrected chi connectivity index (χ2v) is 10.1. The van der Waals surface area contributed by atoms with Crippen molar-refractivity contribution in [2.45, 2.75) is 58.6 Å². The molecule has 31 heavy (non-hydrogen) atoms. The fourth-order valence-corrected chi connectivity index (χ4v) is 4.40. The lowest BCUT2D eigenvalue weighted by Crippen LogP contribution is -2.32. The lowest BCUT2D eigenvalue weighted by Gasteiger charge is -2.28. The molecule has 1 amide bonds. The molecule has 0 spiro atoms. The third kappa shape index (κ3) is 5.08. The fraction of sp³-hybridized carbons (Fsp3) is 0.440. The molecular formula is C25H31NO4S. The van der Waals surface area contributed by atoms with E-state index in [1.807, 2.05) is 43.5 Å². The number of amides is 1. The SMILES string of the molecule is CC(C)OCCCN1C(=O)C(O)=C(C(=O)c2cccs2)[C@H]1c1ccc(C(C)(C)C)cc1. The van der Waals surface area contributed by atoms with Gasteiger partial charge in [0.1, 0.15) is 0 Å².